The molecule has 0 N–H and O–H groups in total. The molecule has 2 aromatic carbocycles. The van der Waals surface area contributed by atoms with Crippen LogP contribution in [0.2, 0.25) is 5.02 Å². The average Bonchev–Trinajstić information content (AvgIpc) is 2.66. The van der Waals surface area contributed by atoms with Crippen LogP contribution in [0.4, 0.5) is 0 Å². The maximum atomic E-state index is 13.2. The lowest BCUT2D eigenvalue weighted by molar-refractivity contribution is 0.0735. The number of carbonyl (C=O) groups excluding carboxylic acids is 1. The largest absolute Gasteiger partial charge is 0.338 e. The van der Waals surface area contributed by atoms with Crippen LogP contribution in [0.3, 0.4) is 0 Å². The molecule has 0 saturated heterocycles. The number of hydrogen-bond donors (Lipinski definition) is 0. The van der Waals surface area contributed by atoms with Crippen LogP contribution in [0.1, 0.15) is 34.9 Å². The van der Waals surface area contributed by atoms with Gasteiger partial charge in [0.05, 0.1) is 5.69 Å². The predicted octanol–water partition coefficient (Wildman–Crippen LogP) is 5.43. The van der Waals surface area contributed by atoms with Crippen molar-refractivity contribution in [2.75, 3.05) is 6.98 Å². The van der Waals surface area contributed by atoms with E-state index >= 15 is 0 Å². The molecule has 0 aliphatic heterocycles. The van der Waals surface area contributed by atoms with Crippen LogP contribution in [0, 0.1) is 0 Å². The maximum Gasteiger partial charge on any atom is 0.272 e. The standard InChI is InChI=1S/C21H21ClN2O/c1-4-14(2)24(3)21(25)19-13-15-9-5-6-10-16(15)20(23-19)17-11-7-8-12-18(17)22/h5-14H,4H2,1-3H3/i3D3. The average molecular weight is 356 g/mol. The van der Waals surface area contributed by atoms with E-state index in [9.17, 15) is 4.79 Å². The zero-order valence-electron chi connectivity index (χ0n) is 17.2. The summed E-state index contributed by atoms with van der Waals surface area (Å²) in [4.78, 5) is 18.7. The van der Waals surface area contributed by atoms with Crippen LogP contribution < -0.4 is 0 Å². The highest BCUT2D eigenvalue weighted by Crippen LogP contribution is 2.32. The number of fused-ring (bicyclic) bond motifs is 1. The van der Waals surface area contributed by atoms with Crippen molar-refractivity contribution in [3.05, 3.63) is 65.3 Å². The summed E-state index contributed by atoms with van der Waals surface area (Å²) < 4.78 is 23.4. The third-order valence-electron chi connectivity index (χ3n) is 4.34. The second-order valence-electron chi connectivity index (χ2n) is 5.99. The Kier molecular flexibility index (Phi) is 4.01. The number of aromatic nitrogens is 1. The fraction of sp³-hybridized carbons (Fsp3) is 0.238. The van der Waals surface area contributed by atoms with Crippen molar-refractivity contribution in [3.63, 3.8) is 0 Å². The lowest BCUT2D eigenvalue weighted by Gasteiger charge is -2.24. The van der Waals surface area contributed by atoms with Crippen molar-refractivity contribution in [1.29, 1.82) is 0 Å². The highest BCUT2D eigenvalue weighted by Gasteiger charge is 2.20. The molecule has 128 valence electrons. The molecular weight excluding hydrogens is 332 g/mol. The number of amides is 1. The van der Waals surface area contributed by atoms with Crippen molar-refractivity contribution >= 4 is 28.3 Å². The Morgan fingerprint density at radius 3 is 2.68 bits per heavy atom. The van der Waals surface area contributed by atoms with Gasteiger partial charge in [0.25, 0.3) is 5.91 Å². The summed E-state index contributed by atoms with van der Waals surface area (Å²) in [7, 11) is 0. The smallest absolute Gasteiger partial charge is 0.272 e. The van der Waals surface area contributed by atoms with Gasteiger partial charge in [0.2, 0.25) is 0 Å². The monoisotopic (exact) mass is 355 g/mol. The second-order valence-corrected chi connectivity index (χ2v) is 6.40. The first-order valence-corrected chi connectivity index (χ1v) is 8.60. The lowest BCUT2D eigenvalue weighted by atomic mass is 10.0. The fourth-order valence-electron chi connectivity index (χ4n) is 2.67. The molecule has 1 heterocycles. The molecule has 1 unspecified atom stereocenters. The first-order valence-electron chi connectivity index (χ1n) is 9.72. The van der Waals surface area contributed by atoms with Gasteiger partial charge >= 0.3 is 0 Å². The first-order chi connectivity index (χ1) is 13.2. The van der Waals surface area contributed by atoms with Gasteiger partial charge in [-0.1, -0.05) is 61.0 Å². The molecule has 1 amide bonds. The fourth-order valence-corrected chi connectivity index (χ4v) is 2.90. The molecule has 0 aliphatic rings. The molecule has 0 aliphatic carbocycles. The molecule has 0 radical (unpaired) electrons. The zero-order chi connectivity index (χ0) is 20.5. The van der Waals surface area contributed by atoms with Crippen LogP contribution in [-0.2, 0) is 0 Å². The van der Waals surface area contributed by atoms with E-state index in [4.69, 9.17) is 15.7 Å². The van der Waals surface area contributed by atoms with Gasteiger partial charge in [-0.3, -0.25) is 4.79 Å². The number of nitrogens with zero attached hydrogens (tertiary/aromatic N) is 2. The van der Waals surface area contributed by atoms with Crippen molar-refractivity contribution in [3.8, 4) is 11.3 Å². The topological polar surface area (TPSA) is 33.2 Å². The summed E-state index contributed by atoms with van der Waals surface area (Å²) in [5.74, 6) is -0.617. The van der Waals surface area contributed by atoms with Crippen LogP contribution in [0.15, 0.2) is 54.6 Å². The molecule has 1 aromatic heterocycles. The van der Waals surface area contributed by atoms with Crippen LogP contribution in [0.5, 0.6) is 0 Å². The Morgan fingerprint density at radius 2 is 1.96 bits per heavy atom. The van der Waals surface area contributed by atoms with Crippen molar-refractivity contribution in [2.45, 2.75) is 26.3 Å². The van der Waals surface area contributed by atoms with Gasteiger partial charge < -0.3 is 4.90 Å². The molecule has 25 heavy (non-hydrogen) atoms. The van der Waals surface area contributed by atoms with Gasteiger partial charge in [-0.25, -0.2) is 4.98 Å². The maximum absolute atomic E-state index is 13.2. The summed E-state index contributed by atoms with van der Waals surface area (Å²) >= 11 is 6.37. The van der Waals surface area contributed by atoms with Crippen molar-refractivity contribution in [1.82, 2.24) is 9.88 Å². The summed E-state index contributed by atoms with van der Waals surface area (Å²) in [6, 6.07) is 16.0. The minimum absolute atomic E-state index is 0.0880. The molecule has 0 bridgehead atoms. The van der Waals surface area contributed by atoms with E-state index < -0.39 is 18.9 Å². The van der Waals surface area contributed by atoms with Gasteiger partial charge in [0.15, 0.2) is 0 Å². The first kappa shape index (κ1) is 13.9. The van der Waals surface area contributed by atoms with Gasteiger partial charge in [0, 0.05) is 33.1 Å². The molecule has 3 rings (SSSR count). The predicted molar refractivity (Wildman–Crippen MR) is 104 cm³/mol. The number of pyridine rings is 1. The molecular formula is C21H21ClN2O. The van der Waals surface area contributed by atoms with Crippen molar-refractivity contribution in [2.24, 2.45) is 0 Å². The number of hydrogen-bond acceptors (Lipinski definition) is 2. The quantitative estimate of drug-likeness (QED) is 0.625. The minimum Gasteiger partial charge on any atom is -0.338 e. The molecule has 1 atom stereocenters. The van der Waals surface area contributed by atoms with E-state index in [1.807, 2.05) is 49.4 Å². The van der Waals surface area contributed by atoms with Crippen molar-refractivity contribution < 1.29 is 8.91 Å². The van der Waals surface area contributed by atoms with E-state index in [2.05, 4.69) is 4.98 Å². The number of benzene rings is 2. The molecule has 0 saturated carbocycles. The Balaban J connectivity index is 2.23. The second kappa shape index (κ2) is 7.24. The normalized spacial score (nSPS) is 14.4. The van der Waals surface area contributed by atoms with E-state index in [0.717, 1.165) is 15.7 Å². The number of rotatable bonds is 4. The Hall–Kier alpha value is -2.39. The molecule has 4 heteroatoms. The number of carbonyl (C=O) groups is 1. The molecule has 0 spiro atoms. The molecule has 3 nitrogen and oxygen atoms in total. The Bertz CT molecular complexity index is 1020. The third kappa shape index (κ3) is 3.38. The van der Waals surface area contributed by atoms with Crippen LogP contribution in [-0.4, -0.2) is 28.8 Å². The van der Waals surface area contributed by atoms with Gasteiger partial charge in [-0.15, -0.1) is 0 Å². The molecule has 3 aromatic rings. The van der Waals surface area contributed by atoms with E-state index in [-0.39, 0.29) is 5.69 Å². The van der Waals surface area contributed by atoms with Crippen LogP contribution in [0.25, 0.3) is 22.0 Å². The lowest BCUT2D eigenvalue weighted by Crippen LogP contribution is -2.35. The Morgan fingerprint density at radius 1 is 1.24 bits per heavy atom. The summed E-state index contributed by atoms with van der Waals surface area (Å²) in [6.07, 6.45) is 0.523. The van der Waals surface area contributed by atoms with E-state index in [0.29, 0.717) is 22.7 Å². The van der Waals surface area contributed by atoms with Crippen LogP contribution >= 0.6 is 11.6 Å². The highest BCUT2D eigenvalue weighted by molar-refractivity contribution is 6.33. The SMILES string of the molecule is [2H]C([2H])([2H])N(C(=O)c1cc2ccccc2c(-c2ccccc2Cl)n1)C(C)CC. The highest BCUT2D eigenvalue weighted by atomic mass is 35.5. The van der Waals surface area contributed by atoms with Gasteiger partial charge in [-0.2, -0.15) is 0 Å². The Labute approximate surface area is 157 Å². The number of halogens is 1. The third-order valence-corrected chi connectivity index (χ3v) is 4.67. The van der Waals surface area contributed by atoms with E-state index in [1.165, 1.54) is 0 Å². The van der Waals surface area contributed by atoms with E-state index in [1.54, 1.807) is 19.1 Å². The summed E-state index contributed by atoms with van der Waals surface area (Å²) in [5.41, 5.74) is 1.34. The molecule has 0 fully saturated rings. The minimum atomic E-state index is -2.55. The van der Waals surface area contributed by atoms with Gasteiger partial charge in [0.1, 0.15) is 5.69 Å². The van der Waals surface area contributed by atoms with Gasteiger partial charge in [-0.05, 0) is 30.9 Å². The summed E-state index contributed by atoms with van der Waals surface area (Å²) in [6.45, 7) is 1.02. The zero-order valence-corrected chi connectivity index (χ0v) is 14.9. The summed E-state index contributed by atoms with van der Waals surface area (Å²) in [5, 5.41) is 2.15.